The SMILES string of the molecule is NC(N)=N/C(=C(\N)Cc1ccc2ncncc2c1)c1ccccc1. The van der Waals surface area contributed by atoms with Gasteiger partial charge in [0.15, 0.2) is 5.96 Å². The van der Waals surface area contributed by atoms with Crippen molar-refractivity contribution in [2.24, 2.45) is 22.2 Å². The topological polar surface area (TPSA) is 116 Å². The minimum absolute atomic E-state index is 0.0243. The molecular weight excluding hydrogens is 300 g/mol. The summed E-state index contributed by atoms with van der Waals surface area (Å²) in [4.78, 5) is 12.5. The third kappa shape index (κ3) is 3.49. The Morgan fingerprint density at radius 1 is 1.00 bits per heavy atom. The average Bonchev–Trinajstić information content (AvgIpc) is 2.60. The molecule has 0 bridgehead atoms. The summed E-state index contributed by atoms with van der Waals surface area (Å²) in [6, 6.07) is 15.5. The van der Waals surface area contributed by atoms with E-state index in [0.717, 1.165) is 22.0 Å². The van der Waals surface area contributed by atoms with E-state index in [2.05, 4.69) is 15.0 Å². The van der Waals surface area contributed by atoms with E-state index in [1.807, 2.05) is 48.5 Å². The quantitative estimate of drug-likeness (QED) is 0.501. The van der Waals surface area contributed by atoms with Crippen LogP contribution < -0.4 is 17.2 Å². The summed E-state index contributed by atoms with van der Waals surface area (Å²) < 4.78 is 0. The molecule has 1 aromatic heterocycles. The molecule has 120 valence electrons. The molecule has 3 rings (SSSR count). The summed E-state index contributed by atoms with van der Waals surface area (Å²) in [5.41, 5.74) is 21.4. The van der Waals surface area contributed by atoms with Gasteiger partial charge in [0.25, 0.3) is 0 Å². The highest BCUT2D eigenvalue weighted by atomic mass is 15.0. The molecular formula is C18H18N6. The molecule has 0 radical (unpaired) electrons. The van der Waals surface area contributed by atoms with Crippen LogP contribution in [0.15, 0.2) is 71.7 Å². The fourth-order valence-corrected chi connectivity index (χ4v) is 2.49. The molecule has 0 amide bonds. The largest absolute Gasteiger partial charge is 0.400 e. The molecule has 0 aliphatic rings. The molecule has 0 aliphatic heterocycles. The van der Waals surface area contributed by atoms with Crippen molar-refractivity contribution in [2.45, 2.75) is 6.42 Å². The number of guanidine groups is 1. The van der Waals surface area contributed by atoms with Gasteiger partial charge in [-0.2, -0.15) is 0 Å². The first-order valence-electron chi connectivity index (χ1n) is 7.46. The van der Waals surface area contributed by atoms with Crippen LogP contribution in [0.25, 0.3) is 16.6 Å². The fraction of sp³-hybridized carbons (Fsp3) is 0.0556. The maximum atomic E-state index is 6.30. The lowest BCUT2D eigenvalue weighted by Crippen LogP contribution is -2.23. The summed E-state index contributed by atoms with van der Waals surface area (Å²) in [6.07, 6.45) is 3.83. The molecule has 0 saturated heterocycles. The Kier molecular flexibility index (Phi) is 4.38. The standard InChI is InChI=1S/C18H18N6/c19-15(17(24-18(20)21)13-4-2-1-3-5-13)9-12-6-7-16-14(8-12)10-22-11-23-16/h1-8,10-11H,9,19H2,(H4,20,21,24)/b17-15-. The maximum Gasteiger partial charge on any atom is 0.191 e. The van der Waals surface area contributed by atoms with Crippen LogP contribution in [0.2, 0.25) is 0 Å². The van der Waals surface area contributed by atoms with Gasteiger partial charge in [0, 0.05) is 29.3 Å². The first-order valence-corrected chi connectivity index (χ1v) is 7.46. The number of hydrogen-bond acceptors (Lipinski definition) is 4. The van der Waals surface area contributed by atoms with Gasteiger partial charge in [0.05, 0.1) is 11.2 Å². The Hall–Kier alpha value is -3.41. The Labute approximate surface area is 139 Å². The molecule has 0 unspecified atom stereocenters. The van der Waals surface area contributed by atoms with Crippen molar-refractivity contribution in [1.29, 1.82) is 0 Å². The monoisotopic (exact) mass is 318 g/mol. The van der Waals surface area contributed by atoms with Crippen LogP contribution in [-0.2, 0) is 6.42 Å². The number of aromatic nitrogens is 2. The highest BCUT2D eigenvalue weighted by Gasteiger charge is 2.08. The van der Waals surface area contributed by atoms with Crippen LogP contribution >= 0.6 is 0 Å². The van der Waals surface area contributed by atoms with E-state index in [0.29, 0.717) is 17.8 Å². The number of rotatable bonds is 4. The van der Waals surface area contributed by atoms with E-state index in [1.165, 1.54) is 6.33 Å². The molecule has 0 spiro atoms. The van der Waals surface area contributed by atoms with E-state index in [-0.39, 0.29) is 5.96 Å². The molecule has 0 saturated carbocycles. The zero-order chi connectivity index (χ0) is 16.9. The van der Waals surface area contributed by atoms with Crippen molar-refractivity contribution >= 4 is 22.6 Å². The molecule has 0 aliphatic carbocycles. The molecule has 6 N–H and O–H groups in total. The number of hydrogen-bond donors (Lipinski definition) is 3. The minimum Gasteiger partial charge on any atom is -0.400 e. The van der Waals surface area contributed by atoms with Crippen molar-refractivity contribution in [1.82, 2.24) is 9.97 Å². The van der Waals surface area contributed by atoms with Crippen LogP contribution in [0, 0.1) is 0 Å². The predicted molar refractivity (Wildman–Crippen MR) is 96.6 cm³/mol. The smallest absolute Gasteiger partial charge is 0.191 e. The summed E-state index contributed by atoms with van der Waals surface area (Å²) in [6.45, 7) is 0. The summed E-state index contributed by atoms with van der Waals surface area (Å²) in [5, 5.41) is 0.964. The Morgan fingerprint density at radius 3 is 2.54 bits per heavy atom. The first-order chi connectivity index (χ1) is 11.6. The molecule has 24 heavy (non-hydrogen) atoms. The zero-order valence-corrected chi connectivity index (χ0v) is 13.1. The van der Waals surface area contributed by atoms with Gasteiger partial charge in [-0.15, -0.1) is 0 Å². The molecule has 3 aromatic rings. The predicted octanol–water partition coefficient (Wildman–Crippen LogP) is 1.77. The second-order valence-corrected chi connectivity index (χ2v) is 5.37. The number of nitrogens with two attached hydrogens (primary N) is 3. The van der Waals surface area contributed by atoms with Crippen LogP contribution in [0.4, 0.5) is 0 Å². The zero-order valence-electron chi connectivity index (χ0n) is 13.1. The lowest BCUT2D eigenvalue weighted by Gasteiger charge is -2.10. The van der Waals surface area contributed by atoms with Gasteiger partial charge in [-0.3, -0.25) is 0 Å². The Balaban J connectivity index is 2.00. The van der Waals surface area contributed by atoms with Gasteiger partial charge >= 0.3 is 0 Å². The summed E-state index contributed by atoms with van der Waals surface area (Å²) in [7, 11) is 0. The van der Waals surface area contributed by atoms with Crippen LogP contribution in [-0.4, -0.2) is 15.9 Å². The normalized spacial score (nSPS) is 11.8. The number of aliphatic imine (C=N–C) groups is 1. The van der Waals surface area contributed by atoms with Crippen molar-refractivity contribution in [2.75, 3.05) is 0 Å². The summed E-state index contributed by atoms with van der Waals surface area (Å²) in [5.74, 6) is -0.0243. The van der Waals surface area contributed by atoms with Crippen LogP contribution in [0.3, 0.4) is 0 Å². The van der Waals surface area contributed by atoms with Gasteiger partial charge in [-0.05, 0) is 17.7 Å². The van der Waals surface area contributed by atoms with E-state index < -0.39 is 0 Å². The third-order valence-electron chi connectivity index (χ3n) is 3.56. The van der Waals surface area contributed by atoms with Crippen LogP contribution in [0.1, 0.15) is 11.1 Å². The van der Waals surface area contributed by atoms with Gasteiger partial charge in [0.1, 0.15) is 6.33 Å². The number of allylic oxidation sites excluding steroid dienone is 1. The first kappa shape index (κ1) is 15.5. The minimum atomic E-state index is -0.0243. The second kappa shape index (κ2) is 6.78. The van der Waals surface area contributed by atoms with Gasteiger partial charge < -0.3 is 17.2 Å². The molecule has 1 heterocycles. The number of nitrogens with zero attached hydrogens (tertiary/aromatic N) is 3. The fourth-order valence-electron chi connectivity index (χ4n) is 2.49. The molecule has 6 heteroatoms. The third-order valence-corrected chi connectivity index (χ3v) is 3.56. The van der Waals surface area contributed by atoms with Crippen molar-refractivity contribution < 1.29 is 0 Å². The Bertz CT molecular complexity index is 911. The molecule has 6 nitrogen and oxygen atoms in total. The highest BCUT2D eigenvalue weighted by molar-refractivity contribution is 5.84. The molecule has 0 fully saturated rings. The van der Waals surface area contributed by atoms with Gasteiger partial charge in [-0.1, -0.05) is 36.4 Å². The van der Waals surface area contributed by atoms with Crippen molar-refractivity contribution in [3.8, 4) is 0 Å². The van der Waals surface area contributed by atoms with E-state index in [4.69, 9.17) is 17.2 Å². The van der Waals surface area contributed by atoms with Crippen LogP contribution in [0.5, 0.6) is 0 Å². The number of benzene rings is 2. The lowest BCUT2D eigenvalue weighted by molar-refractivity contribution is 1.10. The van der Waals surface area contributed by atoms with Crippen molar-refractivity contribution in [3.63, 3.8) is 0 Å². The van der Waals surface area contributed by atoms with Crippen molar-refractivity contribution in [3.05, 3.63) is 77.9 Å². The van der Waals surface area contributed by atoms with E-state index in [1.54, 1.807) is 6.20 Å². The second-order valence-electron chi connectivity index (χ2n) is 5.37. The van der Waals surface area contributed by atoms with E-state index in [9.17, 15) is 0 Å². The highest BCUT2D eigenvalue weighted by Crippen LogP contribution is 2.21. The van der Waals surface area contributed by atoms with Gasteiger partial charge in [-0.25, -0.2) is 15.0 Å². The Morgan fingerprint density at radius 2 is 1.79 bits per heavy atom. The number of fused-ring (bicyclic) bond motifs is 1. The lowest BCUT2D eigenvalue weighted by atomic mass is 10.0. The average molecular weight is 318 g/mol. The molecule has 2 aromatic carbocycles. The maximum absolute atomic E-state index is 6.30. The summed E-state index contributed by atoms with van der Waals surface area (Å²) >= 11 is 0. The van der Waals surface area contributed by atoms with E-state index >= 15 is 0 Å². The van der Waals surface area contributed by atoms with Gasteiger partial charge in [0.2, 0.25) is 0 Å². The molecule has 0 atom stereocenters.